The molecule has 0 saturated carbocycles. The third-order valence-electron chi connectivity index (χ3n) is 8.77. The number of piperidine rings is 1. The summed E-state index contributed by atoms with van der Waals surface area (Å²) in [5.74, 6) is 0.772. The maximum atomic E-state index is 13.5. The lowest BCUT2D eigenvalue weighted by Gasteiger charge is -2.42. The Morgan fingerprint density at radius 2 is 2.00 bits per heavy atom. The fraction of sp³-hybridized carbons (Fsp3) is 0.516. The van der Waals surface area contributed by atoms with Crippen molar-refractivity contribution in [2.75, 3.05) is 19.7 Å². The van der Waals surface area contributed by atoms with E-state index in [-0.39, 0.29) is 24.3 Å². The van der Waals surface area contributed by atoms with Gasteiger partial charge >= 0.3 is 16.9 Å². The number of hydrogen-bond donors (Lipinski definition) is 0. The molecule has 222 valence electrons. The Balaban J connectivity index is 1.28. The molecule has 3 aromatic rings. The predicted molar refractivity (Wildman–Crippen MR) is 154 cm³/mol. The molecule has 11 nitrogen and oxygen atoms in total. The highest BCUT2D eigenvalue weighted by Crippen LogP contribution is 2.43. The van der Waals surface area contributed by atoms with E-state index < -0.39 is 27.4 Å². The maximum Gasteiger partial charge on any atom is 0.336 e. The van der Waals surface area contributed by atoms with E-state index in [1.807, 2.05) is 19.9 Å². The molecule has 1 aromatic carbocycles. The highest BCUT2D eigenvalue weighted by atomic mass is 16.6. The molecule has 0 radical (unpaired) electrons. The van der Waals surface area contributed by atoms with Gasteiger partial charge in [-0.15, -0.1) is 0 Å². The number of nitro groups is 1. The van der Waals surface area contributed by atoms with Crippen LogP contribution in [0.2, 0.25) is 0 Å². The van der Waals surface area contributed by atoms with Crippen LogP contribution in [0.1, 0.15) is 69.2 Å². The van der Waals surface area contributed by atoms with E-state index in [0.717, 1.165) is 42.5 Å². The summed E-state index contributed by atoms with van der Waals surface area (Å²) in [7, 11) is 0. The van der Waals surface area contributed by atoms with Crippen LogP contribution in [-0.2, 0) is 24.2 Å². The number of hydrogen-bond acceptors (Lipinski definition) is 8. The average Bonchev–Trinajstić information content (AvgIpc) is 2.93. The number of carbonyl (C=O) groups excluding carboxylic acids is 1. The summed E-state index contributed by atoms with van der Waals surface area (Å²) in [4.78, 5) is 51.1. The first-order chi connectivity index (χ1) is 20.0. The molecule has 2 bridgehead atoms. The van der Waals surface area contributed by atoms with E-state index in [2.05, 4.69) is 6.92 Å². The topological polar surface area (TPSA) is 134 Å². The van der Waals surface area contributed by atoms with Crippen LogP contribution in [-0.4, -0.2) is 45.6 Å². The minimum atomic E-state index is -0.650. The Hall–Kier alpha value is -4.15. The van der Waals surface area contributed by atoms with Crippen molar-refractivity contribution in [1.82, 2.24) is 9.47 Å². The normalized spacial score (nSPS) is 20.4. The summed E-state index contributed by atoms with van der Waals surface area (Å²) in [5, 5.41) is 12.0. The van der Waals surface area contributed by atoms with E-state index in [1.54, 1.807) is 11.0 Å². The van der Waals surface area contributed by atoms with Crippen molar-refractivity contribution in [3.63, 3.8) is 0 Å². The number of aryl methyl sites for hydroxylation is 2. The molecule has 42 heavy (non-hydrogen) atoms. The predicted octanol–water partition coefficient (Wildman–Crippen LogP) is 4.33. The van der Waals surface area contributed by atoms with Gasteiger partial charge in [-0.2, -0.15) is 0 Å². The number of aromatic nitrogens is 1. The van der Waals surface area contributed by atoms with Crippen LogP contribution in [0.3, 0.4) is 0 Å². The number of nitrogens with zero attached hydrogens (tertiary/aromatic N) is 3. The quantitative estimate of drug-likeness (QED) is 0.230. The second-order valence-electron chi connectivity index (χ2n) is 12.3. The van der Waals surface area contributed by atoms with Crippen LogP contribution >= 0.6 is 0 Å². The second kappa shape index (κ2) is 10.6. The van der Waals surface area contributed by atoms with Crippen molar-refractivity contribution < 1.29 is 23.6 Å². The first-order valence-electron chi connectivity index (χ1n) is 14.6. The molecule has 2 atom stereocenters. The van der Waals surface area contributed by atoms with Gasteiger partial charge in [0.25, 0.3) is 5.91 Å². The Bertz CT molecular complexity index is 1700. The SMILES string of the molecule is CCCCc1cc(=O)oc2c3c(cc(OCC(=O)N4CC5CC(C4)c4ccc([N+](=O)[O-])c(=O)n4C5)c12)OC(C)(C)CC3. The summed E-state index contributed by atoms with van der Waals surface area (Å²) < 4.78 is 19.7. The second-order valence-corrected chi connectivity index (χ2v) is 12.3. The lowest BCUT2D eigenvalue weighted by molar-refractivity contribution is -0.386. The zero-order chi connectivity index (χ0) is 29.8. The van der Waals surface area contributed by atoms with Crippen LogP contribution in [0.4, 0.5) is 5.69 Å². The van der Waals surface area contributed by atoms with E-state index in [0.29, 0.717) is 54.9 Å². The third kappa shape index (κ3) is 5.05. The first-order valence-corrected chi connectivity index (χ1v) is 14.6. The van der Waals surface area contributed by atoms with Gasteiger partial charge in [0.2, 0.25) is 0 Å². The standard InChI is InChI=1S/C31H35N3O8/c1-4-5-6-19-12-27(36)41-29-21-9-10-31(2,3)42-24(21)13-25(28(19)29)40-17-26(35)32-14-18-11-20(16-32)22-7-8-23(34(38)39)30(37)33(22)15-18/h7-8,12-13,18,20H,4-6,9-11,14-17H2,1-3H3. The summed E-state index contributed by atoms with van der Waals surface area (Å²) in [6.07, 6.45) is 4.81. The van der Waals surface area contributed by atoms with Crippen molar-refractivity contribution in [1.29, 1.82) is 0 Å². The van der Waals surface area contributed by atoms with Gasteiger partial charge in [0.1, 0.15) is 22.7 Å². The molecule has 6 rings (SSSR count). The van der Waals surface area contributed by atoms with Crippen LogP contribution < -0.4 is 20.7 Å². The molecular formula is C31H35N3O8. The zero-order valence-corrected chi connectivity index (χ0v) is 24.1. The molecule has 2 unspecified atom stereocenters. The van der Waals surface area contributed by atoms with Crippen molar-refractivity contribution in [3.05, 3.63) is 72.0 Å². The lowest BCUT2D eigenvalue weighted by atomic mass is 9.83. The van der Waals surface area contributed by atoms with E-state index >= 15 is 0 Å². The van der Waals surface area contributed by atoms with Crippen molar-refractivity contribution >= 4 is 22.6 Å². The molecule has 5 heterocycles. The van der Waals surface area contributed by atoms with Crippen LogP contribution in [0.15, 0.2) is 38.3 Å². The number of benzene rings is 1. The maximum absolute atomic E-state index is 13.5. The minimum absolute atomic E-state index is 0.00929. The van der Waals surface area contributed by atoms with Crippen molar-refractivity contribution in [3.8, 4) is 11.5 Å². The molecule has 2 aromatic heterocycles. The molecule has 0 N–H and O–H groups in total. The Labute approximate surface area is 242 Å². The smallest absolute Gasteiger partial charge is 0.336 e. The minimum Gasteiger partial charge on any atom is -0.487 e. The molecule has 3 aliphatic rings. The van der Waals surface area contributed by atoms with Crippen molar-refractivity contribution in [2.45, 2.75) is 77.4 Å². The highest BCUT2D eigenvalue weighted by molar-refractivity contribution is 5.92. The first kappa shape index (κ1) is 28.0. The number of pyridine rings is 1. The zero-order valence-electron chi connectivity index (χ0n) is 24.1. The van der Waals surface area contributed by atoms with Crippen LogP contribution in [0.5, 0.6) is 11.5 Å². The average molecular weight is 578 g/mol. The van der Waals surface area contributed by atoms with Gasteiger partial charge < -0.3 is 23.4 Å². The number of fused-ring (bicyclic) bond motifs is 7. The molecular weight excluding hydrogens is 542 g/mol. The van der Waals surface area contributed by atoms with Gasteiger partial charge in [-0.25, -0.2) is 4.79 Å². The van der Waals surface area contributed by atoms with Crippen LogP contribution in [0, 0.1) is 16.0 Å². The Morgan fingerprint density at radius 3 is 2.76 bits per heavy atom. The van der Waals surface area contributed by atoms with Crippen molar-refractivity contribution in [2.24, 2.45) is 5.92 Å². The van der Waals surface area contributed by atoms with Gasteiger partial charge in [0, 0.05) is 55.0 Å². The molecule has 1 fully saturated rings. The Kier molecular flexibility index (Phi) is 7.06. The number of ether oxygens (including phenoxy) is 2. The molecule has 1 saturated heterocycles. The van der Waals surface area contributed by atoms with E-state index in [9.17, 15) is 24.5 Å². The third-order valence-corrected chi connectivity index (χ3v) is 8.77. The molecule has 11 heteroatoms. The number of likely N-dealkylation sites (tertiary alicyclic amines) is 1. The van der Waals surface area contributed by atoms with E-state index in [1.165, 1.54) is 16.7 Å². The number of amides is 1. The molecule has 0 spiro atoms. The van der Waals surface area contributed by atoms with Crippen LogP contribution in [0.25, 0.3) is 11.0 Å². The highest BCUT2D eigenvalue weighted by Gasteiger charge is 2.38. The number of unbranched alkanes of at least 4 members (excludes halogenated alkanes) is 1. The summed E-state index contributed by atoms with van der Waals surface area (Å²) in [6.45, 7) is 7.06. The number of rotatable bonds is 7. The van der Waals surface area contributed by atoms with Gasteiger partial charge in [-0.3, -0.25) is 19.7 Å². The molecule has 0 aliphatic carbocycles. The number of carbonyl (C=O) groups is 1. The molecule has 3 aliphatic heterocycles. The van der Waals surface area contributed by atoms with Gasteiger partial charge in [-0.05, 0) is 63.5 Å². The van der Waals surface area contributed by atoms with Gasteiger partial charge in [0.15, 0.2) is 6.61 Å². The van der Waals surface area contributed by atoms with Gasteiger partial charge in [0.05, 0.1) is 10.3 Å². The lowest BCUT2D eigenvalue weighted by Crippen LogP contribution is -2.50. The monoisotopic (exact) mass is 577 g/mol. The summed E-state index contributed by atoms with van der Waals surface area (Å²) in [5.41, 5.74) is 1.03. The van der Waals surface area contributed by atoms with Gasteiger partial charge in [-0.1, -0.05) is 13.3 Å². The largest absolute Gasteiger partial charge is 0.487 e. The summed E-state index contributed by atoms with van der Waals surface area (Å²) >= 11 is 0. The summed E-state index contributed by atoms with van der Waals surface area (Å²) in [6, 6.07) is 6.23. The van der Waals surface area contributed by atoms with E-state index in [4.69, 9.17) is 13.9 Å². The fourth-order valence-electron chi connectivity index (χ4n) is 6.70. The molecule has 1 amide bonds. The Morgan fingerprint density at radius 1 is 1.19 bits per heavy atom. The fourth-order valence-corrected chi connectivity index (χ4v) is 6.70.